The van der Waals surface area contributed by atoms with Crippen molar-refractivity contribution < 1.29 is 14.6 Å². The second-order valence-corrected chi connectivity index (χ2v) is 6.81. The maximum absolute atomic E-state index is 12.1. The second-order valence-electron chi connectivity index (χ2n) is 5.58. The molecule has 132 valence electrons. The van der Waals surface area contributed by atoms with Gasteiger partial charge in [0.05, 0.1) is 10.7 Å². The molecule has 0 fully saturated rings. The molecule has 0 aliphatic carbocycles. The van der Waals surface area contributed by atoms with Crippen LogP contribution < -0.4 is 10.2 Å². The summed E-state index contributed by atoms with van der Waals surface area (Å²) in [6.45, 7) is 5.40. The molecule has 1 unspecified atom stereocenters. The first kappa shape index (κ1) is 19.3. The SMILES string of the molecule is Cc1cc(OC(C)C(=O)NN=Cc2ccc(O)c(Br)c2)cc(C)c1Cl. The van der Waals surface area contributed by atoms with Gasteiger partial charge in [-0.25, -0.2) is 5.43 Å². The number of phenols is 1. The lowest BCUT2D eigenvalue weighted by atomic mass is 10.1. The van der Waals surface area contributed by atoms with Gasteiger partial charge in [-0.2, -0.15) is 5.10 Å². The van der Waals surface area contributed by atoms with Gasteiger partial charge in [0.15, 0.2) is 6.10 Å². The molecule has 1 amide bonds. The molecule has 0 aliphatic rings. The number of halogens is 2. The zero-order chi connectivity index (χ0) is 18.6. The molecule has 2 aromatic carbocycles. The van der Waals surface area contributed by atoms with Gasteiger partial charge in [0.25, 0.3) is 5.91 Å². The third kappa shape index (κ3) is 5.21. The molecule has 2 N–H and O–H groups in total. The van der Waals surface area contributed by atoms with Crippen molar-refractivity contribution in [2.45, 2.75) is 26.9 Å². The Balaban J connectivity index is 1.96. The minimum absolute atomic E-state index is 0.136. The summed E-state index contributed by atoms with van der Waals surface area (Å²) in [6, 6.07) is 8.47. The maximum atomic E-state index is 12.1. The van der Waals surface area contributed by atoms with Crippen LogP contribution in [0.4, 0.5) is 0 Å². The second kappa shape index (κ2) is 8.36. The van der Waals surface area contributed by atoms with Crippen molar-refractivity contribution in [2.24, 2.45) is 5.10 Å². The number of ether oxygens (including phenoxy) is 1. The summed E-state index contributed by atoms with van der Waals surface area (Å²) in [5.74, 6) is 0.338. The van der Waals surface area contributed by atoms with Crippen LogP contribution in [0.3, 0.4) is 0 Å². The van der Waals surface area contributed by atoms with Gasteiger partial charge in [-0.15, -0.1) is 0 Å². The van der Waals surface area contributed by atoms with Crippen LogP contribution in [0.5, 0.6) is 11.5 Å². The summed E-state index contributed by atoms with van der Waals surface area (Å²) < 4.78 is 6.19. The molecule has 25 heavy (non-hydrogen) atoms. The van der Waals surface area contributed by atoms with Gasteiger partial charge in [-0.05, 0) is 83.7 Å². The zero-order valence-electron chi connectivity index (χ0n) is 14.0. The number of nitrogens with zero attached hydrogens (tertiary/aromatic N) is 1. The Morgan fingerprint density at radius 2 is 1.96 bits per heavy atom. The number of rotatable bonds is 5. The molecule has 0 heterocycles. The summed E-state index contributed by atoms with van der Waals surface area (Å²) in [6.07, 6.45) is 0.759. The van der Waals surface area contributed by atoms with Gasteiger partial charge in [0.1, 0.15) is 11.5 Å². The number of amides is 1. The quantitative estimate of drug-likeness (QED) is 0.553. The molecule has 0 radical (unpaired) electrons. The lowest BCUT2D eigenvalue weighted by Gasteiger charge is -2.14. The summed E-state index contributed by atoms with van der Waals surface area (Å²) in [7, 11) is 0. The Hall–Kier alpha value is -2.05. The van der Waals surface area contributed by atoms with Gasteiger partial charge in [-0.1, -0.05) is 11.6 Å². The molecular formula is C18H18BrClN2O3. The molecule has 0 aromatic heterocycles. The van der Waals surface area contributed by atoms with E-state index in [1.165, 1.54) is 12.3 Å². The number of aryl methyl sites for hydroxylation is 2. The van der Waals surface area contributed by atoms with E-state index in [0.29, 0.717) is 15.2 Å². The number of benzene rings is 2. The average Bonchev–Trinajstić information content (AvgIpc) is 2.55. The molecule has 0 saturated heterocycles. The van der Waals surface area contributed by atoms with E-state index in [9.17, 15) is 9.90 Å². The molecule has 0 aliphatic heterocycles. The van der Waals surface area contributed by atoms with E-state index in [1.807, 2.05) is 13.8 Å². The fraction of sp³-hybridized carbons (Fsp3) is 0.222. The van der Waals surface area contributed by atoms with Crippen LogP contribution in [0.25, 0.3) is 0 Å². The first-order chi connectivity index (χ1) is 11.8. The maximum Gasteiger partial charge on any atom is 0.280 e. The van der Waals surface area contributed by atoms with Crippen molar-refractivity contribution in [3.8, 4) is 11.5 Å². The van der Waals surface area contributed by atoms with Gasteiger partial charge >= 0.3 is 0 Å². The smallest absolute Gasteiger partial charge is 0.280 e. The zero-order valence-corrected chi connectivity index (χ0v) is 16.4. The summed E-state index contributed by atoms with van der Waals surface area (Å²) in [4.78, 5) is 12.1. The topological polar surface area (TPSA) is 70.9 Å². The Bertz CT molecular complexity index is 801. The highest BCUT2D eigenvalue weighted by Gasteiger charge is 2.15. The van der Waals surface area contributed by atoms with Crippen molar-refractivity contribution >= 4 is 39.7 Å². The van der Waals surface area contributed by atoms with E-state index in [0.717, 1.165) is 16.7 Å². The number of hydrazone groups is 1. The Labute approximate surface area is 159 Å². The first-order valence-corrected chi connectivity index (χ1v) is 8.70. The Morgan fingerprint density at radius 1 is 1.32 bits per heavy atom. The molecule has 0 bridgehead atoms. The van der Waals surface area contributed by atoms with E-state index in [4.69, 9.17) is 16.3 Å². The van der Waals surface area contributed by atoms with Gasteiger partial charge < -0.3 is 9.84 Å². The minimum Gasteiger partial charge on any atom is -0.507 e. The van der Waals surface area contributed by atoms with E-state index >= 15 is 0 Å². The molecule has 7 heteroatoms. The van der Waals surface area contributed by atoms with Gasteiger partial charge in [0.2, 0.25) is 0 Å². The van der Waals surface area contributed by atoms with E-state index in [2.05, 4.69) is 26.5 Å². The van der Waals surface area contributed by atoms with Gasteiger partial charge in [0, 0.05) is 5.02 Å². The molecule has 2 aromatic rings. The highest BCUT2D eigenvalue weighted by atomic mass is 79.9. The first-order valence-electron chi connectivity index (χ1n) is 7.52. The predicted octanol–water partition coefficient (Wildman–Crippen LogP) is 4.34. The standard InChI is InChI=1S/C18H18BrClN2O3/c1-10-6-14(7-11(2)17(10)20)25-12(3)18(24)22-21-9-13-4-5-16(23)15(19)8-13/h4-9,12,23H,1-3H3,(H,22,24). The van der Waals surface area contributed by atoms with Crippen LogP contribution in [0.1, 0.15) is 23.6 Å². The summed E-state index contributed by atoms with van der Waals surface area (Å²) >= 11 is 9.34. The van der Waals surface area contributed by atoms with Crippen LogP contribution in [0.2, 0.25) is 5.02 Å². The average molecular weight is 426 g/mol. The molecule has 0 saturated carbocycles. The monoisotopic (exact) mass is 424 g/mol. The molecule has 2 rings (SSSR count). The number of carbonyl (C=O) groups excluding carboxylic acids is 1. The third-order valence-electron chi connectivity index (χ3n) is 3.45. The Kier molecular flexibility index (Phi) is 6.45. The van der Waals surface area contributed by atoms with Gasteiger partial charge in [-0.3, -0.25) is 4.79 Å². The summed E-state index contributed by atoms with van der Waals surface area (Å²) in [5, 5.41) is 14.0. The lowest BCUT2D eigenvalue weighted by molar-refractivity contribution is -0.127. The molecular weight excluding hydrogens is 408 g/mol. The molecule has 1 atom stereocenters. The number of hydrogen-bond acceptors (Lipinski definition) is 4. The van der Waals surface area contributed by atoms with Crippen molar-refractivity contribution in [1.29, 1.82) is 0 Å². The van der Waals surface area contributed by atoms with Crippen LogP contribution >= 0.6 is 27.5 Å². The Morgan fingerprint density at radius 3 is 2.56 bits per heavy atom. The van der Waals surface area contributed by atoms with Crippen molar-refractivity contribution in [3.05, 3.63) is 56.5 Å². The van der Waals surface area contributed by atoms with Crippen LogP contribution in [0, 0.1) is 13.8 Å². The highest BCUT2D eigenvalue weighted by molar-refractivity contribution is 9.10. The number of hydrogen-bond donors (Lipinski definition) is 2. The van der Waals surface area contributed by atoms with E-state index in [1.54, 1.807) is 31.2 Å². The van der Waals surface area contributed by atoms with E-state index in [-0.39, 0.29) is 11.7 Å². The van der Waals surface area contributed by atoms with Crippen molar-refractivity contribution in [3.63, 3.8) is 0 Å². The van der Waals surface area contributed by atoms with Crippen molar-refractivity contribution in [2.75, 3.05) is 0 Å². The fourth-order valence-electron chi connectivity index (χ4n) is 2.10. The van der Waals surface area contributed by atoms with E-state index < -0.39 is 6.10 Å². The van der Waals surface area contributed by atoms with Crippen LogP contribution in [-0.2, 0) is 4.79 Å². The predicted molar refractivity (Wildman–Crippen MR) is 103 cm³/mol. The fourth-order valence-corrected chi connectivity index (χ4v) is 2.60. The molecule has 5 nitrogen and oxygen atoms in total. The lowest BCUT2D eigenvalue weighted by Crippen LogP contribution is -2.33. The normalized spacial score (nSPS) is 12.2. The van der Waals surface area contributed by atoms with Crippen molar-refractivity contribution in [1.82, 2.24) is 5.43 Å². The largest absolute Gasteiger partial charge is 0.507 e. The highest BCUT2D eigenvalue weighted by Crippen LogP contribution is 2.26. The number of aromatic hydroxyl groups is 1. The number of carbonyl (C=O) groups is 1. The van der Waals surface area contributed by atoms with Crippen LogP contribution in [-0.4, -0.2) is 23.3 Å². The summed E-state index contributed by atoms with van der Waals surface area (Å²) in [5.41, 5.74) is 4.93. The third-order valence-corrected chi connectivity index (χ3v) is 4.68. The number of nitrogens with one attached hydrogen (secondary N) is 1. The van der Waals surface area contributed by atoms with Crippen LogP contribution in [0.15, 0.2) is 39.9 Å². The minimum atomic E-state index is -0.719. The number of phenolic OH excluding ortho intramolecular Hbond substituents is 1. The molecule has 0 spiro atoms.